The molecule has 15 nitrogen and oxygen atoms in total. The summed E-state index contributed by atoms with van der Waals surface area (Å²) in [6.45, 7) is 0. The van der Waals surface area contributed by atoms with Crippen molar-refractivity contribution in [3.05, 3.63) is 82.7 Å². The maximum Gasteiger partial charge on any atom is 0.332 e. The third-order valence-electron chi connectivity index (χ3n) is 5.42. The molecule has 0 spiro atoms. The zero-order valence-corrected chi connectivity index (χ0v) is 23.6. The number of H-pyrrole nitrogens is 1. The van der Waals surface area contributed by atoms with E-state index >= 15 is 0 Å². The lowest BCUT2D eigenvalue weighted by Gasteiger charge is -2.15. The highest BCUT2D eigenvalue weighted by Gasteiger charge is 2.22. The molecule has 3 aromatic rings. The summed E-state index contributed by atoms with van der Waals surface area (Å²) in [7, 11) is -5.84. The van der Waals surface area contributed by atoms with Crippen LogP contribution in [0.15, 0.2) is 59.6 Å². The fourth-order valence-corrected chi connectivity index (χ4v) is 5.12. The largest absolute Gasteiger partial charge is 0.370 e. The third-order valence-corrected chi connectivity index (χ3v) is 8.09. The van der Waals surface area contributed by atoms with Gasteiger partial charge >= 0.3 is 15.2 Å². The van der Waals surface area contributed by atoms with Gasteiger partial charge in [0.05, 0.1) is 12.3 Å². The number of benzene rings is 2. The molecule has 0 radical (unpaired) electrons. The minimum Gasteiger partial charge on any atom is -0.370 e. The van der Waals surface area contributed by atoms with E-state index in [2.05, 4.69) is 29.7 Å². The average Bonchev–Trinajstić information content (AvgIpc) is 3.39. The standard InChI is InChI=1S/C24H28N6O9P2/c1-38-40(34,35)12-14-8-15(13-41(36,37)39-2)10-18(9-14)28-21(31)16-4-3-5-17(11-16)27-22(32)19-6-7-20(29-19)23(33)30-24(25)26/h3-11,29H,12-13H2,1-2H3,(H,27,32)(H,28,31)(H,34,35)(H,36,37)(H4,25,26,30,33). The Kier molecular flexibility index (Phi) is 10.00. The number of rotatable bonds is 11. The predicted molar refractivity (Wildman–Crippen MR) is 151 cm³/mol. The van der Waals surface area contributed by atoms with E-state index in [1.165, 1.54) is 54.6 Å². The van der Waals surface area contributed by atoms with Gasteiger partial charge in [-0.25, -0.2) is 0 Å². The van der Waals surface area contributed by atoms with Gasteiger partial charge in [-0.2, -0.15) is 4.99 Å². The number of nitrogens with zero attached hydrogens (tertiary/aromatic N) is 1. The molecule has 2 unspecified atom stereocenters. The molecular weight excluding hydrogens is 578 g/mol. The highest BCUT2D eigenvalue weighted by molar-refractivity contribution is 7.52. The molecule has 0 aliphatic carbocycles. The number of aromatic nitrogens is 1. The van der Waals surface area contributed by atoms with Gasteiger partial charge in [0.25, 0.3) is 17.7 Å². The number of aliphatic imine (C=N–C) groups is 1. The third kappa shape index (κ3) is 9.22. The first-order valence-corrected chi connectivity index (χ1v) is 15.2. The summed E-state index contributed by atoms with van der Waals surface area (Å²) in [5.41, 5.74) is 11.5. The molecular formula is C24H28N6O9P2. The van der Waals surface area contributed by atoms with Gasteiger partial charge in [-0.15, -0.1) is 0 Å². The van der Waals surface area contributed by atoms with Crippen molar-refractivity contribution in [1.82, 2.24) is 4.98 Å². The van der Waals surface area contributed by atoms with Gasteiger partial charge < -0.3 is 45.9 Å². The van der Waals surface area contributed by atoms with E-state index in [1.54, 1.807) is 0 Å². The molecule has 3 rings (SSSR count). The Morgan fingerprint density at radius 2 is 1.39 bits per heavy atom. The lowest BCUT2D eigenvalue weighted by Crippen LogP contribution is -2.24. The summed E-state index contributed by atoms with van der Waals surface area (Å²) in [5.74, 6) is -2.41. The van der Waals surface area contributed by atoms with Crippen LogP contribution >= 0.6 is 15.2 Å². The number of nitrogens with two attached hydrogens (primary N) is 2. The molecule has 2 aromatic carbocycles. The number of hydrogen-bond donors (Lipinski definition) is 7. The smallest absolute Gasteiger partial charge is 0.332 e. The molecule has 0 saturated carbocycles. The van der Waals surface area contributed by atoms with Crippen LogP contribution in [-0.2, 0) is 30.5 Å². The number of amides is 3. The van der Waals surface area contributed by atoms with Crippen LogP contribution in [0.2, 0.25) is 0 Å². The second-order valence-electron chi connectivity index (χ2n) is 8.61. The molecule has 2 atom stereocenters. The van der Waals surface area contributed by atoms with Crippen molar-refractivity contribution in [3.8, 4) is 0 Å². The quantitative estimate of drug-likeness (QED) is 0.0949. The topological polar surface area (TPSA) is 249 Å². The van der Waals surface area contributed by atoms with Gasteiger partial charge in [-0.05, 0) is 53.6 Å². The fraction of sp³-hybridized carbons (Fsp3) is 0.167. The number of hydrogen-bond acceptors (Lipinski definition) is 7. The lowest BCUT2D eigenvalue weighted by molar-refractivity contribution is 0.0995. The first kappa shape index (κ1) is 31.4. The van der Waals surface area contributed by atoms with Gasteiger partial charge in [0.2, 0.25) is 0 Å². The summed E-state index contributed by atoms with van der Waals surface area (Å²) in [4.78, 5) is 63.4. The first-order chi connectivity index (χ1) is 19.2. The number of carbonyl (C=O) groups excluding carboxylic acids is 3. The summed E-state index contributed by atoms with van der Waals surface area (Å²) < 4.78 is 33.5. The van der Waals surface area contributed by atoms with Gasteiger partial charge in [0, 0.05) is 31.2 Å². The summed E-state index contributed by atoms with van der Waals surface area (Å²) in [6, 6.07) is 12.9. The van der Waals surface area contributed by atoms with Crippen LogP contribution in [0, 0.1) is 0 Å². The van der Waals surface area contributed by atoms with Gasteiger partial charge in [0.1, 0.15) is 11.4 Å². The van der Waals surface area contributed by atoms with Crippen LogP contribution < -0.4 is 22.1 Å². The fourth-order valence-electron chi connectivity index (χ4n) is 3.58. The minimum absolute atomic E-state index is 0.00983. The predicted octanol–water partition coefficient (Wildman–Crippen LogP) is 2.60. The second-order valence-corrected chi connectivity index (χ2v) is 12.5. The summed E-state index contributed by atoms with van der Waals surface area (Å²) in [5, 5.41) is 5.24. The molecule has 218 valence electrons. The minimum atomic E-state index is -4.00. The Hall–Kier alpha value is -4.10. The van der Waals surface area contributed by atoms with Crippen LogP contribution in [0.5, 0.6) is 0 Å². The zero-order chi connectivity index (χ0) is 30.4. The SMILES string of the molecule is COP(=O)(O)Cc1cc(CP(=O)(O)OC)cc(NC(=O)c2cccc(NC(=O)c3ccc(C(=O)N=C(N)N)[nH]3)c2)c1. The summed E-state index contributed by atoms with van der Waals surface area (Å²) in [6.07, 6.45) is -0.828. The molecule has 9 N–H and O–H groups in total. The van der Waals surface area contributed by atoms with E-state index < -0.39 is 51.2 Å². The van der Waals surface area contributed by atoms with Crippen LogP contribution in [0.4, 0.5) is 11.4 Å². The monoisotopic (exact) mass is 606 g/mol. The highest BCUT2D eigenvalue weighted by atomic mass is 31.2. The van der Waals surface area contributed by atoms with Crippen LogP contribution in [0.1, 0.15) is 42.5 Å². The highest BCUT2D eigenvalue weighted by Crippen LogP contribution is 2.47. The van der Waals surface area contributed by atoms with Crippen molar-refractivity contribution in [3.63, 3.8) is 0 Å². The van der Waals surface area contributed by atoms with Crippen LogP contribution in [0.25, 0.3) is 0 Å². The molecule has 0 aliphatic heterocycles. The zero-order valence-electron chi connectivity index (χ0n) is 21.9. The van der Waals surface area contributed by atoms with Crippen LogP contribution in [-0.4, -0.2) is 52.7 Å². The summed E-state index contributed by atoms with van der Waals surface area (Å²) >= 11 is 0. The second kappa shape index (κ2) is 13.0. The maximum atomic E-state index is 13.0. The molecule has 0 saturated heterocycles. The van der Waals surface area contributed by atoms with Crippen molar-refractivity contribution in [2.45, 2.75) is 12.3 Å². The number of aromatic amines is 1. The van der Waals surface area contributed by atoms with Crippen molar-refractivity contribution >= 4 is 50.2 Å². The lowest BCUT2D eigenvalue weighted by atomic mass is 10.1. The number of carbonyl (C=O) groups is 3. The van der Waals surface area contributed by atoms with Gasteiger partial charge in [-0.1, -0.05) is 12.1 Å². The molecule has 1 heterocycles. The van der Waals surface area contributed by atoms with Crippen molar-refractivity contribution in [2.24, 2.45) is 16.5 Å². The normalized spacial score (nSPS) is 13.9. The maximum absolute atomic E-state index is 13.0. The van der Waals surface area contributed by atoms with Crippen molar-refractivity contribution in [1.29, 1.82) is 0 Å². The molecule has 41 heavy (non-hydrogen) atoms. The molecule has 0 bridgehead atoms. The average molecular weight is 606 g/mol. The Morgan fingerprint density at radius 3 is 1.95 bits per heavy atom. The van der Waals surface area contributed by atoms with E-state index in [0.29, 0.717) is 0 Å². The van der Waals surface area contributed by atoms with Crippen LogP contribution in [0.3, 0.4) is 0 Å². The Morgan fingerprint density at radius 1 is 0.829 bits per heavy atom. The Bertz CT molecular complexity index is 1560. The first-order valence-electron chi connectivity index (χ1n) is 11.6. The number of nitrogens with one attached hydrogen (secondary N) is 3. The number of anilines is 2. The molecule has 3 amide bonds. The van der Waals surface area contributed by atoms with Gasteiger partial charge in [-0.3, -0.25) is 23.5 Å². The number of guanidine groups is 1. The van der Waals surface area contributed by atoms with E-state index in [-0.39, 0.29) is 39.5 Å². The van der Waals surface area contributed by atoms with E-state index in [4.69, 9.17) is 11.5 Å². The Labute approximate surface area is 234 Å². The Balaban J connectivity index is 1.80. The van der Waals surface area contributed by atoms with E-state index in [0.717, 1.165) is 14.2 Å². The van der Waals surface area contributed by atoms with Crippen molar-refractivity contribution in [2.75, 3.05) is 24.9 Å². The van der Waals surface area contributed by atoms with Gasteiger partial charge in [0.15, 0.2) is 5.96 Å². The molecule has 0 fully saturated rings. The molecule has 17 heteroatoms. The van der Waals surface area contributed by atoms with Crippen molar-refractivity contribution < 1.29 is 42.3 Å². The van der Waals surface area contributed by atoms with E-state index in [9.17, 15) is 33.3 Å². The molecule has 1 aromatic heterocycles. The van der Waals surface area contributed by atoms with E-state index in [1.807, 2.05) is 0 Å². The molecule has 0 aliphatic rings.